The Balaban J connectivity index is 1.78. The second-order valence-electron chi connectivity index (χ2n) is 12.4. The fourth-order valence-electron chi connectivity index (χ4n) is 7.52. The molecule has 0 atom stereocenters. The molecule has 0 saturated carbocycles. The number of hydrogen-bond donors (Lipinski definition) is 0. The van der Waals surface area contributed by atoms with Crippen LogP contribution in [0, 0.1) is 78.7 Å². The monoisotopic (exact) mass is 646 g/mol. The summed E-state index contributed by atoms with van der Waals surface area (Å²) in [6, 6.07) is 5.44. The third kappa shape index (κ3) is 4.40. The summed E-state index contributed by atoms with van der Waals surface area (Å²) < 4.78 is 72.9. The average molecular weight is 647 g/mol. The molecule has 0 N–H and O–H groups in total. The molecule has 2 aromatic carbocycles. The van der Waals surface area contributed by atoms with E-state index in [1.54, 1.807) is 9.13 Å². The van der Waals surface area contributed by atoms with Gasteiger partial charge in [-0.1, -0.05) is 0 Å². The Morgan fingerprint density at radius 3 is 1.13 bits per heavy atom. The molecule has 0 bridgehead atoms. The van der Waals surface area contributed by atoms with Crippen LogP contribution in [0.2, 0.25) is 0 Å². The van der Waals surface area contributed by atoms with E-state index in [4.69, 9.17) is 0 Å². The van der Waals surface area contributed by atoms with Gasteiger partial charge in [-0.3, -0.25) is 0 Å². The van der Waals surface area contributed by atoms with Crippen LogP contribution in [0.15, 0.2) is 68.5 Å². The molecular weight excluding hydrogens is 608 g/mol. The van der Waals surface area contributed by atoms with Gasteiger partial charge >= 0.3 is 267 Å². The van der Waals surface area contributed by atoms with Crippen LogP contribution in [0.3, 0.4) is 0 Å². The van der Waals surface area contributed by atoms with Crippen LogP contribution < -0.4 is 7.74 Å². The van der Waals surface area contributed by atoms with Crippen molar-refractivity contribution < 1.29 is 34.2 Å². The third-order valence-corrected chi connectivity index (χ3v) is 18.5. The number of allylic oxidation sites excluding steroid dienone is 8. The summed E-state index contributed by atoms with van der Waals surface area (Å²) in [4.78, 5) is 0. The third-order valence-electron chi connectivity index (χ3n) is 10.5. The van der Waals surface area contributed by atoms with Crippen molar-refractivity contribution in [1.82, 2.24) is 9.13 Å². The Hall–Kier alpha value is -3.61. The molecule has 0 spiro atoms. The first kappa shape index (κ1) is 31.4. The van der Waals surface area contributed by atoms with Crippen molar-refractivity contribution in [2.45, 2.75) is 68.2 Å². The topological polar surface area (TPSA) is 9.86 Å². The summed E-state index contributed by atoms with van der Waals surface area (Å²) in [7, 11) is 0. The van der Waals surface area contributed by atoms with Gasteiger partial charge in [0.05, 0.1) is 0 Å². The molecular formula is C38H38F4N2Ti. The van der Waals surface area contributed by atoms with Gasteiger partial charge < -0.3 is 0 Å². The van der Waals surface area contributed by atoms with E-state index < -0.39 is 39.9 Å². The predicted octanol–water partition coefficient (Wildman–Crippen LogP) is 9.08. The zero-order valence-corrected chi connectivity index (χ0v) is 28.7. The van der Waals surface area contributed by atoms with Crippen molar-refractivity contribution in [2.24, 2.45) is 0 Å². The molecule has 2 aliphatic carbocycles. The number of rotatable bonds is 6. The van der Waals surface area contributed by atoms with Crippen molar-refractivity contribution >= 4 is 7.74 Å². The zero-order valence-electron chi connectivity index (χ0n) is 27.1. The summed E-state index contributed by atoms with van der Waals surface area (Å²) in [5.74, 6) is -3.09. The summed E-state index contributed by atoms with van der Waals surface area (Å²) in [6.07, 6.45) is 11.9. The number of hydrogen-bond acceptors (Lipinski definition) is 0. The second kappa shape index (κ2) is 11.3. The summed E-state index contributed by atoms with van der Waals surface area (Å²) >= 11 is -5.01. The maximum absolute atomic E-state index is 17.5. The Morgan fingerprint density at radius 2 is 0.844 bits per heavy atom. The number of aromatic nitrogens is 2. The molecule has 2 nitrogen and oxygen atoms in total. The number of benzene rings is 2. The van der Waals surface area contributed by atoms with Crippen LogP contribution >= 0.6 is 0 Å². The molecule has 2 heterocycles. The van der Waals surface area contributed by atoms with Gasteiger partial charge in [-0.25, -0.2) is 0 Å². The van der Waals surface area contributed by atoms with Gasteiger partial charge in [0.2, 0.25) is 0 Å². The molecule has 0 fully saturated rings. The van der Waals surface area contributed by atoms with E-state index in [1.807, 2.05) is 91.8 Å². The van der Waals surface area contributed by atoms with E-state index in [-0.39, 0.29) is 19.1 Å². The van der Waals surface area contributed by atoms with Crippen LogP contribution in [-0.2, 0) is 16.6 Å². The standard InChI is InChI=1S/2C14H14F2N.2C5H5.Ti/c2*1-8-9(2)11(4)17(10(8)3)14-6-5-12(15)7-13(14)16;2*1-2-4-5-3-1;/h2*5-6H,1-4H3;2*1-3H,4H2;. The first-order chi connectivity index (χ1) is 21.3. The minimum atomic E-state index is -5.01. The van der Waals surface area contributed by atoms with E-state index in [0.717, 1.165) is 45.0 Å². The molecule has 232 valence electrons. The van der Waals surface area contributed by atoms with Gasteiger partial charge in [0.25, 0.3) is 0 Å². The van der Waals surface area contributed by atoms with Crippen molar-refractivity contribution in [3.8, 4) is 11.4 Å². The first-order valence-corrected chi connectivity index (χ1v) is 18.5. The molecule has 7 heteroatoms. The van der Waals surface area contributed by atoms with E-state index in [9.17, 15) is 0 Å². The van der Waals surface area contributed by atoms with Gasteiger partial charge in [-0.2, -0.15) is 0 Å². The molecule has 45 heavy (non-hydrogen) atoms. The van der Waals surface area contributed by atoms with Crippen molar-refractivity contribution in [3.63, 3.8) is 0 Å². The molecule has 0 amide bonds. The first-order valence-electron chi connectivity index (χ1n) is 15.4. The summed E-state index contributed by atoms with van der Waals surface area (Å²) in [5, 5.41) is 0. The van der Waals surface area contributed by atoms with Gasteiger partial charge in [-0.05, 0) is 0 Å². The Kier molecular flexibility index (Phi) is 7.90. The Morgan fingerprint density at radius 1 is 0.511 bits per heavy atom. The fourth-order valence-corrected chi connectivity index (χ4v) is 15.8. The van der Waals surface area contributed by atoms with Crippen LogP contribution in [0.4, 0.5) is 17.6 Å². The molecule has 6 rings (SSSR count). The summed E-state index contributed by atoms with van der Waals surface area (Å²) in [6.45, 7) is 15.6. The van der Waals surface area contributed by atoms with Gasteiger partial charge in [0.15, 0.2) is 0 Å². The van der Waals surface area contributed by atoms with E-state index >= 15 is 17.6 Å². The quantitative estimate of drug-likeness (QED) is 0.146. The Labute approximate surface area is 266 Å². The van der Waals surface area contributed by atoms with Crippen molar-refractivity contribution in [2.75, 3.05) is 0 Å². The second-order valence-corrected chi connectivity index (χ2v) is 18.3. The molecule has 0 radical (unpaired) electrons. The zero-order chi connectivity index (χ0) is 32.5. The van der Waals surface area contributed by atoms with Gasteiger partial charge in [0.1, 0.15) is 0 Å². The average Bonchev–Trinajstić information content (AvgIpc) is 3.81. The molecule has 2 aliphatic rings. The minimum absolute atomic E-state index is 0.186. The SMILES string of the molecule is Cc1c(C)c(C)n(-c2ccc(F)[c]([Ti]([C]3=CC=CC3)([C]3=CC=CC3)[c]3c(F)ccc(-n4c(C)c(C)c(C)c4C)c3F)c2F)c1C. The van der Waals surface area contributed by atoms with Crippen LogP contribution in [0.5, 0.6) is 0 Å². The number of halogens is 4. The normalized spacial score (nSPS) is 14.6. The van der Waals surface area contributed by atoms with E-state index in [2.05, 4.69) is 0 Å². The van der Waals surface area contributed by atoms with Crippen LogP contribution in [-0.4, -0.2) is 9.13 Å². The van der Waals surface area contributed by atoms with Gasteiger partial charge in [0, 0.05) is 0 Å². The van der Waals surface area contributed by atoms with Crippen LogP contribution in [0.25, 0.3) is 11.4 Å². The fraction of sp³-hybridized carbons (Fsp3) is 0.263. The molecule has 0 saturated heterocycles. The van der Waals surface area contributed by atoms with E-state index in [1.165, 1.54) is 24.3 Å². The Bertz CT molecular complexity index is 1840. The maximum atomic E-state index is 17.5. The molecule has 2 aromatic heterocycles. The van der Waals surface area contributed by atoms with E-state index in [0.29, 0.717) is 20.6 Å². The molecule has 4 aromatic rings. The summed E-state index contributed by atoms with van der Waals surface area (Å²) in [5.41, 5.74) is 7.80. The molecule has 0 unspecified atom stereocenters. The van der Waals surface area contributed by atoms with Crippen LogP contribution in [0.1, 0.15) is 57.9 Å². The van der Waals surface area contributed by atoms with Crippen molar-refractivity contribution in [1.29, 1.82) is 0 Å². The number of nitrogens with zero attached hydrogens (tertiary/aromatic N) is 2. The van der Waals surface area contributed by atoms with Gasteiger partial charge in [-0.15, -0.1) is 0 Å². The molecule has 0 aliphatic heterocycles. The van der Waals surface area contributed by atoms with Crippen molar-refractivity contribution in [3.05, 3.63) is 137 Å². The predicted molar refractivity (Wildman–Crippen MR) is 172 cm³/mol.